The molecule has 84 valence electrons. The van der Waals surface area contributed by atoms with Crippen LogP contribution in [0.5, 0.6) is 0 Å². The van der Waals surface area contributed by atoms with Gasteiger partial charge in [0.1, 0.15) is 0 Å². The van der Waals surface area contributed by atoms with Crippen molar-refractivity contribution >= 4 is 17.6 Å². The first-order valence-corrected chi connectivity index (χ1v) is 5.01. The molecule has 1 unspecified atom stereocenters. The van der Waals surface area contributed by atoms with Gasteiger partial charge >= 0.3 is 5.97 Å². The molecule has 0 aliphatic carbocycles. The number of carbonyl (C=O) groups excluding carboxylic acids is 1. The zero-order valence-corrected chi connectivity index (χ0v) is 9.15. The topological polar surface area (TPSA) is 64.3 Å². The van der Waals surface area contributed by atoms with Crippen LogP contribution in [0.25, 0.3) is 0 Å². The fraction of sp³-hybridized carbons (Fsp3) is 0.556. The lowest BCUT2D eigenvalue weighted by molar-refractivity contribution is -0.145. The summed E-state index contributed by atoms with van der Waals surface area (Å²) >= 11 is 5.64. The van der Waals surface area contributed by atoms with Gasteiger partial charge in [-0.25, -0.2) is 0 Å². The molecule has 5 nitrogen and oxygen atoms in total. The molecule has 1 heterocycles. The lowest BCUT2D eigenvalue weighted by Gasteiger charge is -2.09. The molecule has 0 spiro atoms. The first-order valence-electron chi connectivity index (χ1n) is 4.63. The van der Waals surface area contributed by atoms with Crippen molar-refractivity contribution in [3.8, 4) is 0 Å². The van der Waals surface area contributed by atoms with Crippen molar-refractivity contribution in [1.29, 1.82) is 0 Å². The molecule has 0 aliphatic rings. The molecular formula is C9H13ClN2O3. The molecule has 0 radical (unpaired) electrons. The number of rotatable bonds is 5. The van der Waals surface area contributed by atoms with E-state index in [0.717, 1.165) is 0 Å². The molecule has 1 N–H and O–H groups in total. The van der Waals surface area contributed by atoms with E-state index in [-0.39, 0.29) is 13.0 Å². The van der Waals surface area contributed by atoms with E-state index in [2.05, 4.69) is 5.10 Å². The number of aliphatic hydroxyl groups excluding tert-OH is 1. The van der Waals surface area contributed by atoms with Crippen LogP contribution in [0.4, 0.5) is 0 Å². The number of ether oxygens (including phenoxy) is 1. The van der Waals surface area contributed by atoms with E-state index >= 15 is 0 Å². The third-order valence-corrected chi connectivity index (χ3v) is 1.90. The number of hydrogen-bond donors (Lipinski definition) is 1. The van der Waals surface area contributed by atoms with Crippen LogP contribution >= 0.6 is 11.6 Å². The first-order chi connectivity index (χ1) is 7.11. The van der Waals surface area contributed by atoms with Gasteiger partial charge in [-0.3, -0.25) is 9.48 Å². The maximum atomic E-state index is 11.0. The van der Waals surface area contributed by atoms with E-state index in [9.17, 15) is 9.90 Å². The Balaban J connectivity index is 2.35. The maximum Gasteiger partial charge on any atom is 0.308 e. The molecule has 0 fully saturated rings. The molecular weight excluding hydrogens is 220 g/mol. The summed E-state index contributed by atoms with van der Waals surface area (Å²) in [5.74, 6) is -0.414. The van der Waals surface area contributed by atoms with Gasteiger partial charge in [-0.2, -0.15) is 5.10 Å². The molecule has 15 heavy (non-hydrogen) atoms. The molecule has 1 rings (SSSR count). The number of carbonyl (C=O) groups is 1. The van der Waals surface area contributed by atoms with Crippen LogP contribution in [0, 0.1) is 0 Å². The average molecular weight is 233 g/mol. The van der Waals surface area contributed by atoms with Crippen molar-refractivity contribution in [2.45, 2.75) is 26.0 Å². The molecule has 0 saturated heterocycles. The van der Waals surface area contributed by atoms with Crippen LogP contribution in [-0.4, -0.2) is 33.6 Å². The van der Waals surface area contributed by atoms with Crippen LogP contribution < -0.4 is 0 Å². The van der Waals surface area contributed by atoms with Crippen LogP contribution in [-0.2, 0) is 16.1 Å². The van der Waals surface area contributed by atoms with Crippen LogP contribution in [0.1, 0.15) is 13.3 Å². The Kier molecular flexibility index (Phi) is 4.58. The summed E-state index contributed by atoms with van der Waals surface area (Å²) in [7, 11) is 0. The summed E-state index contributed by atoms with van der Waals surface area (Å²) < 4.78 is 6.18. The lowest BCUT2D eigenvalue weighted by atomic mass is 10.2. The molecule has 0 bridgehead atoms. The number of aromatic nitrogens is 2. The third-order valence-electron chi connectivity index (χ3n) is 1.71. The number of esters is 1. The van der Waals surface area contributed by atoms with Crippen molar-refractivity contribution in [3.63, 3.8) is 0 Å². The van der Waals surface area contributed by atoms with E-state index in [0.29, 0.717) is 11.6 Å². The summed E-state index contributed by atoms with van der Waals surface area (Å²) in [6, 6.07) is 0. The van der Waals surface area contributed by atoms with Gasteiger partial charge in [-0.05, 0) is 6.92 Å². The second-order valence-corrected chi connectivity index (χ2v) is 3.48. The molecule has 1 aromatic rings. The molecule has 0 saturated carbocycles. The summed E-state index contributed by atoms with van der Waals surface area (Å²) in [5, 5.41) is 13.9. The monoisotopic (exact) mass is 232 g/mol. The second kappa shape index (κ2) is 5.72. The molecule has 1 aromatic heterocycles. The van der Waals surface area contributed by atoms with E-state index in [1.807, 2.05) is 0 Å². The Bertz CT molecular complexity index is 327. The highest BCUT2D eigenvalue weighted by Crippen LogP contribution is 2.06. The van der Waals surface area contributed by atoms with E-state index in [1.165, 1.54) is 10.9 Å². The van der Waals surface area contributed by atoms with E-state index in [1.54, 1.807) is 13.1 Å². The molecule has 0 amide bonds. The smallest absolute Gasteiger partial charge is 0.308 e. The number of halogens is 1. The average Bonchev–Trinajstić information content (AvgIpc) is 2.51. The summed E-state index contributed by atoms with van der Waals surface area (Å²) in [6.45, 7) is 2.27. The van der Waals surface area contributed by atoms with Gasteiger partial charge in [0, 0.05) is 6.20 Å². The Morgan fingerprint density at radius 3 is 3.07 bits per heavy atom. The molecule has 1 atom stereocenters. The van der Waals surface area contributed by atoms with Gasteiger partial charge in [0.25, 0.3) is 0 Å². The molecule has 6 heteroatoms. The largest absolute Gasteiger partial charge is 0.466 e. The van der Waals surface area contributed by atoms with Gasteiger partial charge < -0.3 is 9.84 Å². The summed E-state index contributed by atoms with van der Waals surface area (Å²) in [6.07, 6.45) is 2.21. The Morgan fingerprint density at radius 2 is 2.53 bits per heavy atom. The Labute approximate surface area is 92.6 Å². The van der Waals surface area contributed by atoms with Gasteiger partial charge in [0.05, 0.1) is 36.9 Å². The first kappa shape index (κ1) is 12.0. The number of hydrogen-bond acceptors (Lipinski definition) is 4. The predicted molar refractivity (Wildman–Crippen MR) is 54.5 cm³/mol. The van der Waals surface area contributed by atoms with Gasteiger partial charge in [-0.1, -0.05) is 11.6 Å². The van der Waals surface area contributed by atoms with Crippen molar-refractivity contribution < 1.29 is 14.6 Å². The lowest BCUT2D eigenvalue weighted by Crippen LogP contribution is -2.21. The van der Waals surface area contributed by atoms with E-state index in [4.69, 9.17) is 16.3 Å². The summed E-state index contributed by atoms with van der Waals surface area (Å²) in [4.78, 5) is 11.0. The zero-order chi connectivity index (χ0) is 11.3. The molecule has 0 aliphatic heterocycles. The predicted octanol–water partition coefficient (Wildman–Crippen LogP) is 0.851. The quantitative estimate of drug-likeness (QED) is 0.765. The van der Waals surface area contributed by atoms with Gasteiger partial charge in [0.15, 0.2) is 0 Å². The van der Waals surface area contributed by atoms with Crippen molar-refractivity contribution in [2.75, 3.05) is 6.61 Å². The highest BCUT2D eigenvalue weighted by molar-refractivity contribution is 6.30. The highest BCUT2D eigenvalue weighted by Gasteiger charge is 2.12. The standard InChI is InChI=1S/C9H13ClN2O3/c1-2-15-9(14)3-8(13)6-12-5-7(10)4-11-12/h4-5,8,13H,2-3,6H2,1H3. The Morgan fingerprint density at radius 1 is 1.80 bits per heavy atom. The maximum absolute atomic E-state index is 11.0. The fourth-order valence-electron chi connectivity index (χ4n) is 1.13. The molecule has 0 aromatic carbocycles. The van der Waals surface area contributed by atoms with Crippen molar-refractivity contribution in [3.05, 3.63) is 17.4 Å². The minimum absolute atomic E-state index is 0.0364. The van der Waals surface area contributed by atoms with Crippen molar-refractivity contribution in [2.24, 2.45) is 0 Å². The highest BCUT2D eigenvalue weighted by atomic mass is 35.5. The second-order valence-electron chi connectivity index (χ2n) is 3.04. The normalized spacial score (nSPS) is 12.5. The zero-order valence-electron chi connectivity index (χ0n) is 8.39. The van der Waals surface area contributed by atoms with Crippen molar-refractivity contribution in [1.82, 2.24) is 9.78 Å². The number of nitrogens with zero attached hydrogens (tertiary/aromatic N) is 2. The number of aliphatic hydroxyl groups is 1. The third kappa shape index (κ3) is 4.31. The fourth-order valence-corrected chi connectivity index (χ4v) is 1.29. The van der Waals surface area contributed by atoms with Gasteiger partial charge in [0.2, 0.25) is 0 Å². The van der Waals surface area contributed by atoms with Gasteiger partial charge in [-0.15, -0.1) is 0 Å². The minimum atomic E-state index is -0.806. The van der Waals surface area contributed by atoms with Crippen LogP contribution in [0.2, 0.25) is 5.02 Å². The van der Waals surface area contributed by atoms with Crippen LogP contribution in [0.15, 0.2) is 12.4 Å². The van der Waals surface area contributed by atoms with Crippen LogP contribution in [0.3, 0.4) is 0 Å². The summed E-state index contributed by atoms with van der Waals surface area (Å²) in [5.41, 5.74) is 0. The van der Waals surface area contributed by atoms with E-state index < -0.39 is 12.1 Å². The SMILES string of the molecule is CCOC(=O)CC(O)Cn1cc(Cl)cn1. The Hall–Kier alpha value is -1.07. The minimum Gasteiger partial charge on any atom is -0.466 e.